The van der Waals surface area contributed by atoms with Gasteiger partial charge in [-0.05, 0) is 25.2 Å². The van der Waals surface area contributed by atoms with Gasteiger partial charge in [0.1, 0.15) is 6.23 Å². The molecule has 3 N–H and O–H groups in total. The second-order valence-corrected chi connectivity index (χ2v) is 9.11. The Morgan fingerprint density at radius 1 is 1.46 bits per heavy atom. The summed E-state index contributed by atoms with van der Waals surface area (Å²) in [6.45, 7) is 4.15. The Morgan fingerprint density at radius 2 is 2.11 bits per heavy atom. The van der Waals surface area contributed by atoms with Gasteiger partial charge in [-0.1, -0.05) is 33.1 Å². The van der Waals surface area contributed by atoms with Crippen molar-refractivity contribution in [3.63, 3.8) is 0 Å². The zero-order valence-electron chi connectivity index (χ0n) is 16.0. The number of nitrogens with two attached hydrogens (primary N) is 1. The molecule has 0 bridgehead atoms. The van der Waals surface area contributed by atoms with Crippen LogP contribution < -0.4 is 11.4 Å². The van der Waals surface area contributed by atoms with Crippen LogP contribution in [0.3, 0.4) is 0 Å². The molecule has 2 atom stereocenters. The van der Waals surface area contributed by atoms with Crippen LogP contribution in [0.4, 0.5) is 10.2 Å². The van der Waals surface area contributed by atoms with Gasteiger partial charge in [0.25, 0.3) is 0 Å². The number of thioether (sulfide) groups is 1. The lowest BCUT2D eigenvalue weighted by atomic mass is 9.65. The molecule has 0 aromatic carbocycles. The molecule has 1 saturated carbocycles. The number of ether oxygens (including phenoxy) is 1. The van der Waals surface area contributed by atoms with Crippen LogP contribution in [0.2, 0.25) is 0 Å². The summed E-state index contributed by atoms with van der Waals surface area (Å²) in [5, 5.41) is 10.2. The molecule has 28 heavy (non-hydrogen) atoms. The van der Waals surface area contributed by atoms with E-state index in [-0.39, 0.29) is 18.2 Å². The number of hydrogen-bond acceptors (Lipinski definition) is 6. The number of nitrogens with zero attached hydrogens (tertiary/aromatic N) is 2. The minimum Gasteiger partial charge on any atom is -0.478 e. The summed E-state index contributed by atoms with van der Waals surface area (Å²) in [5.74, 6) is -1.80. The fourth-order valence-electron chi connectivity index (χ4n) is 4.54. The lowest BCUT2D eigenvalue weighted by Gasteiger charge is -2.48. The molecule has 10 heteroatoms. The van der Waals surface area contributed by atoms with E-state index in [0.29, 0.717) is 5.92 Å². The van der Waals surface area contributed by atoms with Crippen LogP contribution in [0.5, 0.6) is 0 Å². The van der Waals surface area contributed by atoms with Crippen LogP contribution in [0.15, 0.2) is 11.0 Å². The van der Waals surface area contributed by atoms with Gasteiger partial charge in [0, 0.05) is 11.2 Å². The fraction of sp³-hybridized carbons (Fsp3) is 0.722. The van der Waals surface area contributed by atoms with Gasteiger partial charge in [-0.3, -0.25) is 4.57 Å². The third-order valence-corrected chi connectivity index (χ3v) is 7.13. The first-order valence-electron chi connectivity index (χ1n) is 9.30. The second-order valence-electron chi connectivity index (χ2n) is 7.91. The maximum absolute atomic E-state index is 13.8. The minimum absolute atomic E-state index is 0. The molecule has 0 amide bonds. The van der Waals surface area contributed by atoms with Gasteiger partial charge in [0.15, 0.2) is 11.6 Å². The molecular weight excluding hydrogens is 409 g/mol. The Kier molecular flexibility index (Phi) is 7.04. The Morgan fingerprint density at radius 3 is 2.68 bits per heavy atom. The van der Waals surface area contributed by atoms with Crippen LogP contribution in [0.25, 0.3) is 0 Å². The number of halogens is 2. The number of hydrogen-bond donors (Lipinski definition) is 2. The molecule has 2 fully saturated rings. The van der Waals surface area contributed by atoms with Crippen molar-refractivity contribution in [1.82, 2.24) is 9.55 Å². The Hall–Kier alpha value is -1.32. The van der Waals surface area contributed by atoms with Crippen molar-refractivity contribution >= 4 is 36.0 Å². The number of aliphatic carboxylic acids is 1. The number of carboxylic acid groups (broad SMARTS) is 1. The SMILES string of the molecule is CC(C)CC1([C@@]2(C(=O)O)O[C@H](n3cc(F)c(N)nc3=O)CS2)CCCCC1.Cl. The molecule has 1 aliphatic carbocycles. The summed E-state index contributed by atoms with van der Waals surface area (Å²) in [6, 6.07) is 0. The van der Waals surface area contributed by atoms with Gasteiger partial charge in [-0.15, -0.1) is 24.2 Å². The van der Waals surface area contributed by atoms with Crippen molar-refractivity contribution < 1.29 is 19.0 Å². The van der Waals surface area contributed by atoms with E-state index in [1.54, 1.807) is 0 Å². The summed E-state index contributed by atoms with van der Waals surface area (Å²) in [7, 11) is 0. The van der Waals surface area contributed by atoms with Crippen molar-refractivity contribution in [3.8, 4) is 0 Å². The highest BCUT2D eigenvalue weighted by molar-refractivity contribution is 8.01. The Bertz CT molecular complexity index is 785. The third kappa shape index (κ3) is 3.89. The van der Waals surface area contributed by atoms with Gasteiger partial charge < -0.3 is 15.6 Å². The molecule has 1 aromatic heterocycles. The zero-order chi connectivity index (χ0) is 19.8. The summed E-state index contributed by atoms with van der Waals surface area (Å²) in [6.07, 6.45) is 5.29. The monoisotopic (exact) mass is 435 g/mol. The van der Waals surface area contributed by atoms with E-state index in [1.807, 2.05) is 0 Å². The topological polar surface area (TPSA) is 107 Å². The average Bonchev–Trinajstić information content (AvgIpc) is 3.05. The molecular formula is C18H27ClFN3O4S. The highest BCUT2D eigenvalue weighted by Crippen LogP contribution is 2.60. The second kappa shape index (κ2) is 8.59. The molecule has 3 rings (SSSR count). The first-order valence-corrected chi connectivity index (χ1v) is 10.3. The molecule has 158 valence electrons. The van der Waals surface area contributed by atoms with Gasteiger partial charge in [0.05, 0.1) is 6.20 Å². The van der Waals surface area contributed by atoms with E-state index in [9.17, 15) is 19.1 Å². The highest BCUT2D eigenvalue weighted by atomic mass is 35.5. The summed E-state index contributed by atoms with van der Waals surface area (Å²) in [5.41, 5.74) is 4.08. The van der Waals surface area contributed by atoms with E-state index in [2.05, 4.69) is 18.8 Å². The average molecular weight is 436 g/mol. The number of aromatic nitrogens is 2. The normalized spacial score (nSPS) is 26.8. The quantitative estimate of drug-likeness (QED) is 0.729. The zero-order valence-corrected chi connectivity index (χ0v) is 17.7. The molecule has 1 aromatic rings. The van der Waals surface area contributed by atoms with Crippen LogP contribution in [0, 0.1) is 17.2 Å². The van der Waals surface area contributed by atoms with E-state index in [0.717, 1.165) is 49.3 Å². The molecule has 0 spiro atoms. The highest BCUT2D eigenvalue weighted by Gasteiger charge is 2.62. The molecule has 2 heterocycles. The number of carbonyl (C=O) groups is 1. The van der Waals surface area contributed by atoms with E-state index in [4.69, 9.17) is 10.5 Å². The maximum Gasteiger partial charge on any atom is 0.351 e. The first-order chi connectivity index (χ1) is 12.7. The third-order valence-electron chi connectivity index (χ3n) is 5.56. The number of nitrogen functional groups attached to an aromatic ring is 1. The van der Waals surface area contributed by atoms with Crippen molar-refractivity contribution in [3.05, 3.63) is 22.5 Å². The lowest BCUT2D eigenvalue weighted by molar-refractivity contribution is -0.183. The Balaban J connectivity index is 0.00000280. The van der Waals surface area contributed by atoms with Gasteiger partial charge in [-0.25, -0.2) is 14.0 Å². The maximum atomic E-state index is 13.8. The standard InChI is InChI=1S/C18H26FN3O4S.ClH/c1-11(2)8-17(6-4-3-5-7-17)18(15(23)24)26-13(10-27-18)22-9-12(19)14(20)21-16(22)25;/h9,11,13H,3-8,10H2,1-2H3,(H,23,24)(H2,20,21,25);1H/t13-,18-;/m0./s1. The van der Waals surface area contributed by atoms with Crippen molar-refractivity contribution in [2.24, 2.45) is 11.3 Å². The summed E-state index contributed by atoms with van der Waals surface area (Å²) >= 11 is 1.20. The first kappa shape index (κ1) is 23.0. The minimum atomic E-state index is -1.46. The molecule has 7 nitrogen and oxygen atoms in total. The molecule has 0 unspecified atom stereocenters. The van der Waals surface area contributed by atoms with Crippen LogP contribution in [-0.2, 0) is 9.53 Å². The lowest BCUT2D eigenvalue weighted by Crippen LogP contribution is -2.53. The van der Waals surface area contributed by atoms with Crippen molar-refractivity contribution in [2.75, 3.05) is 11.5 Å². The van der Waals surface area contributed by atoms with E-state index < -0.39 is 39.9 Å². The molecule has 0 radical (unpaired) electrons. The number of rotatable bonds is 5. The summed E-state index contributed by atoms with van der Waals surface area (Å²) < 4.78 is 20.9. The van der Waals surface area contributed by atoms with E-state index in [1.165, 1.54) is 11.8 Å². The smallest absolute Gasteiger partial charge is 0.351 e. The van der Waals surface area contributed by atoms with Crippen molar-refractivity contribution in [1.29, 1.82) is 0 Å². The molecule has 2 aliphatic rings. The van der Waals surface area contributed by atoms with Crippen LogP contribution >= 0.6 is 24.2 Å². The fourth-order valence-corrected chi connectivity index (χ4v) is 6.05. The predicted molar refractivity (Wildman–Crippen MR) is 108 cm³/mol. The predicted octanol–water partition coefficient (Wildman–Crippen LogP) is 3.43. The molecule has 1 aliphatic heterocycles. The Labute approximate surface area is 173 Å². The van der Waals surface area contributed by atoms with E-state index >= 15 is 0 Å². The summed E-state index contributed by atoms with van der Waals surface area (Å²) in [4.78, 5) is 26.6. The number of anilines is 1. The van der Waals surface area contributed by atoms with Gasteiger partial charge in [-0.2, -0.15) is 4.98 Å². The van der Waals surface area contributed by atoms with Crippen molar-refractivity contribution in [2.45, 2.75) is 63.5 Å². The van der Waals surface area contributed by atoms with Gasteiger partial charge >= 0.3 is 11.7 Å². The van der Waals surface area contributed by atoms with Crippen LogP contribution in [0.1, 0.15) is 58.6 Å². The van der Waals surface area contributed by atoms with Gasteiger partial charge in [0.2, 0.25) is 4.93 Å². The molecule has 1 saturated heterocycles. The van der Waals surface area contributed by atoms with Crippen LogP contribution in [-0.4, -0.2) is 31.3 Å². The number of carboxylic acids is 1. The largest absolute Gasteiger partial charge is 0.478 e.